The molecule has 1 heterocycles. The van der Waals surface area contributed by atoms with Gasteiger partial charge in [-0.05, 0) is 30.5 Å². The molecule has 1 aromatic carbocycles. The zero-order chi connectivity index (χ0) is 14.7. The Balaban J connectivity index is 2.20. The van der Waals surface area contributed by atoms with Gasteiger partial charge in [-0.25, -0.2) is 8.78 Å². The van der Waals surface area contributed by atoms with Crippen molar-refractivity contribution < 1.29 is 18.3 Å². The predicted octanol–water partition coefficient (Wildman–Crippen LogP) is 1.00. The maximum absolute atomic E-state index is 13.6. The first kappa shape index (κ1) is 14.9. The number of halogens is 2. The van der Waals surface area contributed by atoms with Crippen LogP contribution in [0.4, 0.5) is 8.78 Å². The summed E-state index contributed by atoms with van der Waals surface area (Å²) >= 11 is 0. The van der Waals surface area contributed by atoms with E-state index in [9.17, 15) is 13.6 Å². The Morgan fingerprint density at radius 2 is 2.05 bits per heavy atom. The summed E-state index contributed by atoms with van der Waals surface area (Å²) < 4.78 is 31.9. The molecule has 1 amide bonds. The minimum atomic E-state index is -0.881. The standard InChI is InChI=1S/C14H18F2N2O2/c1-9-10(2-3-11(15)13(9)16)8-12(14(17)19)18-4-6-20-7-5-18/h2-3,12H,4-8H2,1H3,(H2,17,19)/t12-/m0/s1. The third kappa shape index (κ3) is 3.13. The van der Waals surface area contributed by atoms with Crippen molar-refractivity contribution in [3.8, 4) is 0 Å². The van der Waals surface area contributed by atoms with Gasteiger partial charge >= 0.3 is 0 Å². The van der Waals surface area contributed by atoms with Crippen molar-refractivity contribution in [3.63, 3.8) is 0 Å². The molecule has 20 heavy (non-hydrogen) atoms. The van der Waals surface area contributed by atoms with Crippen molar-refractivity contribution in [1.29, 1.82) is 0 Å². The molecule has 0 aromatic heterocycles. The molecule has 1 aliphatic rings. The van der Waals surface area contributed by atoms with E-state index < -0.39 is 23.6 Å². The molecule has 0 spiro atoms. The lowest BCUT2D eigenvalue weighted by Crippen LogP contribution is -2.50. The summed E-state index contributed by atoms with van der Waals surface area (Å²) in [5, 5.41) is 0. The fourth-order valence-corrected chi connectivity index (χ4v) is 2.42. The number of hydrogen-bond acceptors (Lipinski definition) is 3. The van der Waals surface area contributed by atoms with Crippen LogP contribution >= 0.6 is 0 Å². The predicted molar refractivity (Wildman–Crippen MR) is 70.2 cm³/mol. The van der Waals surface area contributed by atoms with E-state index in [-0.39, 0.29) is 12.0 Å². The Morgan fingerprint density at radius 1 is 1.40 bits per heavy atom. The zero-order valence-electron chi connectivity index (χ0n) is 11.4. The molecule has 0 saturated carbocycles. The van der Waals surface area contributed by atoms with Crippen molar-refractivity contribution in [2.45, 2.75) is 19.4 Å². The Labute approximate surface area is 116 Å². The topological polar surface area (TPSA) is 55.6 Å². The van der Waals surface area contributed by atoms with Crippen LogP contribution in [0.2, 0.25) is 0 Å². The minimum Gasteiger partial charge on any atom is -0.379 e. The summed E-state index contributed by atoms with van der Waals surface area (Å²) in [5.74, 6) is -2.21. The number of morpholine rings is 1. The van der Waals surface area contributed by atoms with Crippen LogP contribution in [0.3, 0.4) is 0 Å². The third-order valence-electron chi connectivity index (χ3n) is 3.68. The molecule has 1 fully saturated rings. The number of primary amides is 1. The molecule has 0 bridgehead atoms. The second-order valence-electron chi connectivity index (χ2n) is 4.92. The molecule has 2 rings (SSSR count). The smallest absolute Gasteiger partial charge is 0.235 e. The first-order chi connectivity index (χ1) is 9.50. The molecule has 110 valence electrons. The van der Waals surface area contributed by atoms with Crippen LogP contribution in [-0.2, 0) is 16.0 Å². The summed E-state index contributed by atoms with van der Waals surface area (Å²) in [6.45, 7) is 3.80. The van der Waals surface area contributed by atoms with E-state index in [1.807, 2.05) is 4.90 Å². The highest BCUT2D eigenvalue weighted by Crippen LogP contribution is 2.19. The van der Waals surface area contributed by atoms with Crippen molar-refractivity contribution >= 4 is 5.91 Å². The fourth-order valence-electron chi connectivity index (χ4n) is 2.42. The number of ether oxygens (including phenoxy) is 1. The van der Waals surface area contributed by atoms with Gasteiger partial charge in [-0.2, -0.15) is 0 Å². The number of rotatable bonds is 4. The molecule has 0 aliphatic carbocycles. The lowest BCUT2D eigenvalue weighted by atomic mass is 9.99. The van der Waals surface area contributed by atoms with E-state index >= 15 is 0 Å². The highest BCUT2D eigenvalue weighted by Gasteiger charge is 2.26. The average molecular weight is 284 g/mol. The number of carbonyl (C=O) groups excluding carboxylic acids is 1. The molecule has 1 aromatic rings. The Morgan fingerprint density at radius 3 is 2.65 bits per heavy atom. The molecule has 0 radical (unpaired) electrons. The summed E-state index contributed by atoms with van der Waals surface area (Å²) in [5.41, 5.74) is 6.27. The highest BCUT2D eigenvalue weighted by atomic mass is 19.2. The molecule has 6 heteroatoms. The van der Waals surface area contributed by atoms with Crippen LogP contribution in [0.1, 0.15) is 11.1 Å². The summed E-state index contributed by atoms with van der Waals surface area (Å²) in [7, 11) is 0. The van der Waals surface area contributed by atoms with E-state index in [2.05, 4.69) is 0 Å². The van der Waals surface area contributed by atoms with Gasteiger partial charge in [0.05, 0.1) is 19.3 Å². The molecular weight excluding hydrogens is 266 g/mol. The average Bonchev–Trinajstić information content (AvgIpc) is 2.45. The van der Waals surface area contributed by atoms with Gasteiger partial charge in [0, 0.05) is 13.1 Å². The van der Waals surface area contributed by atoms with E-state index in [0.29, 0.717) is 31.9 Å². The van der Waals surface area contributed by atoms with E-state index in [0.717, 1.165) is 6.07 Å². The number of amides is 1. The van der Waals surface area contributed by atoms with Gasteiger partial charge in [0.2, 0.25) is 5.91 Å². The maximum atomic E-state index is 13.6. The fraction of sp³-hybridized carbons (Fsp3) is 0.500. The van der Waals surface area contributed by atoms with Gasteiger partial charge in [-0.3, -0.25) is 9.69 Å². The maximum Gasteiger partial charge on any atom is 0.235 e. The normalized spacial score (nSPS) is 17.9. The van der Waals surface area contributed by atoms with Gasteiger partial charge < -0.3 is 10.5 Å². The lowest BCUT2D eigenvalue weighted by molar-refractivity contribution is -0.124. The molecule has 1 aliphatic heterocycles. The van der Waals surface area contributed by atoms with Crippen LogP contribution < -0.4 is 5.73 Å². The Kier molecular flexibility index (Phi) is 4.67. The quantitative estimate of drug-likeness (QED) is 0.897. The Bertz CT molecular complexity index is 502. The van der Waals surface area contributed by atoms with Crippen molar-refractivity contribution in [1.82, 2.24) is 4.90 Å². The molecular formula is C14H18F2N2O2. The monoisotopic (exact) mass is 284 g/mol. The zero-order valence-corrected chi connectivity index (χ0v) is 11.4. The molecule has 2 N–H and O–H groups in total. The first-order valence-electron chi connectivity index (χ1n) is 6.55. The van der Waals surface area contributed by atoms with Crippen LogP contribution in [0.25, 0.3) is 0 Å². The number of nitrogens with two attached hydrogens (primary N) is 1. The van der Waals surface area contributed by atoms with Crippen molar-refractivity contribution in [2.24, 2.45) is 5.73 Å². The summed E-state index contributed by atoms with van der Waals surface area (Å²) in [6.07, 6.45) is 0.276. The van der Waals surface area contributed by atoms with Crippen LogP contribution in [-0.4, -0.2) is 43.2 Å². The van der Waals surface area contributed by atoms with Gasteiger partial charge in [-0.1, -0.05) is 6.07 Å². The van der Waals surface area contributed by atoms with Crippen LogP contribution in [0, 0.1) is 18.6 Å². The lowest BCUT2D eigenvalue weighted by Gasteiger charge is -2.32. The SMILES string of the molecule is Cc1c(C[C@@H](C(N)=O)N2CCOCC2)ccc(F)c1F. The molecule has 1 atom stereocenters. The molecule has 4 nitrogen and oxygen atoms in total. The minimum absolute atomic E-state index is 0.226. The summed E-state index contributed by atoms with van der Waals surface area (Å²) in [6, 6.07) is 2.06. The molecule has 0 unspecified atom stereocenters. The van der Waals surface area contributed by atoms with Crippen LogP contribution in [0.15, 0.2) is 12.1 Å². The second-order valence-corrected chi connectivity index (χ2v) is 4.92. The van der Waals surface area contributed by atoms with Gasteiger partial charge in [0.1, 0.15) is 0 Å². The third-order valence-corrected chi connectivity index (χ3v) is 3.68. The number of hydrogen-bond donors (Lipinski definition) is 1. The van der Waals surface area contributed by atoms with Gasteiger partial charge in [-0.15, -0.1) is 0 Å². The number of benzene rings is 1. The number of carbonyl (C=O) groups is 1. The van der Waals surface area contributed by atoms with Crippen molar-refractivity contribution in [2.75, 3.05) is 26.3 Å². The molecule has 1 saturated heterocycles. The van der Waals surface area contributed by atoms with E-state index in [4.69, 9.17) is 10.5 Å². The van der Waals surface area contributed by atoms with Crippen molar-refractivity contribution in [3.05, 3.63) is 34.9 Å². The van der Waals surface area contributed by atoms with Crippen LogP contribution in [0.5, 0.6) is 0 Å². The second kappa shape index (κ2) is 6.28. The summed E-state index contributed by atoms with van der Waals surface area (Å²) in [4.78, 5) is 13.6. The Hall–Kier alpha value is -1.53. The van der Waals surface area contributed by atoms with E-state index in [1.165, 1.54) is 13.0 Å². The largest absolute Gasteiger partial charge is 0.379 e. The number of nitrogens with zero attached hydrogens (tertiary/aromatic N) is 1. The van der Waals surface area contributed by atoms with Gasteiger partial charge in [0.15, 0.2) is 11.6 Å². The van der Waals surface area contributed by atoms with Gasteiger partial charge in [0.25, 0.3) is 0 Å². The first-order valence-corrected chi connectivity index (χ1v) is 6.55. The highest BCUT2D eigenvalue weighted by molar-refractivity contribution is 5.80. The van der Waals surface area contributed by atoms with E-state index in [1.54, 1.807) is 0 Å².